The summed E-state index contributed by atoms with van der Waals surface area (Å²) >= 11 is 0. The molecule has 1 heterocycles. The van der Waals surface area contributed by atoms with E-state index in [1.807, 2.05) is 24.3 Å². The monoisotopic (exact) mass is 267 g/mol. The van der Waals surface area contributed by atoms with Crippen LogP contribution in [-0.2, 0) is 6.42 Å². The van der Waals surface area contributed by atoms with E-state index in [-0.39, 0.29) is 6.04 Å². The van der Waals surface area contributed by atoms with Gasteiger partial charge in [0, 0.05) is 12.2 Å². The predicted octanol–water partition coefficient (Wildman–Crippen LogP) is 3.00. The number of para-hydroxylation sites is 1. The van der Waals surface area contributed by atoms with Crippen LogP contribution in [-0.4, -0.2) is 18.1 Å². The fourth-order valence-electron chi connectivity index (χ4n) is 2.10. The van der Waals surface area contributed by atoms with E-state index in [1.165, 1.54) is 0 Å². The van der Waals surface area contributed by atoms with Crippen molar-refractivity contribution >= 4 is 5.82 Å². The minimum absolute atomic E-state index is 0.147. The molecule has 0 amide bonds. The molecule has 0 aliphatic heterocycles. The standard InChI is InChI=1S/C16H17N3O/c1-12(10-13-6-3-4-8-15(13)20-2)19-16-14(11-17)7-5-9-18-16/h3-9,12H,10H2,1-2H3,(H,18,19)/t12-/m0/s1. The summed E-state index contributed by atoms with van der Waals surface area (Å²) in [6, 6.07) is 13.7. The first kappa shape index (κ1) is 13.9. The SMILES string of the molecule is COc1ccccc1C[C@H](C)Nc1ncccc1C#N. The Morgan fingerprint density at radius 2 is 2.10 bits per heavy atom. The number of benzene rings is 1. The number of nitrogens with one attached hydrogen (secondary N) is 1. The molecule has 1 atom stereocenters. The number of hydrogen-bond acceptors (Lipinski definition) is 4. The number of nitriles is 1. The van der Waals surface area contributed by atoms with Crippen molar-refractivity contribution < 1.29 is 4.74 Å². The highest BCUT2D eigenvalue weighted by molar-refractivity contribution is 5.52. The van der Waals surface area contributed by atoms with Crippen LogP contribution in [0.4, 0.5) is 5.82 Å². The first-order valence-corrected chi connectivity index (χ1v) is 6.48. The molecule has 0 aliphatic rings. The highest BCUT2D eigenvalue weighted by atomic mass is 16.5. The van der Waals surface area contributed by atoms with Gasteiger partial charge in [-0.05, 0) is 37.1 Å². The molecule has 2 aromatic rings. The summed E-state index contributed by atoms with van der Waals surface area (Å²) in [6.07, 6.45) is 2.48. The normalized spacial score (nSPS) is 11.4. The van der Waals surface area contributed by atoms with Crippen molar-refractivity contribution in [1.82, 2.24) is 4.98 Å². The van der Waals surface area contributed by atoms with Crippen LogP contribution in [0.2, 0.25) is 0 Å². The van der Waals surface area contributed by atoms with Gasteiger partial charge in [-0.3, -0.25) is 0 Å². The second-order valence-electron chi connectivity index (χ2n) is 4.57. The van der Waals surface area contributed by atoms with Crippen LogP contribution in [0.5, 0.6) is 5.75 Å². The van der Waals surface area contributed by atoms with Crippen LogP contribution in [0, 0.1) is 11.3 Å². The lowest BCUT2D eigenvalue weighted by Gasteiger charge is -2.16. The van der Waals surface area contributed by atoms with E-state index in [1.54, 1.807) is 25.4 Å². The molecule has 0 fully saturated rings. The van der Waals surface area contributed by atoms with Gasteiger partial charge in [-0.2, -0.15) is 5.26 Å². The summed E-state index contributed by atoms with van der Waals surface area (Å²) in [7, 11) is 1.67. The maximum atomic E-state index is 9.05. The molecule has 4 heteroatoms. The number of pyridine rings is 1. The molecule has 4 nitrogen and oxygen atoms in total. The molecule has 0 aliphatic carbocycles. The highest BCUT2D eigenvalue weighted by Crippen LogP contribution is 2.20. The largest absolute Gasteiger partial charge is 0.496 e. The molecule has 0 saturated carbocycles. The van der Waals surface area contributed by atoms with Crippen molar-refractivity contribution in [2.24, 2.45) is 0 Å². The Morgan fingerprint density at radius 3 is 2.85 bits per heavy atom. The van der Waals surface area contributed by atoms with E-state index >= 15 is 0 Å². The Bertz CT molecular complexity index is 619. The Hall–Kier alpha value is -2.54. The molecule has 0 spiro atoms. The number of anilines is 1. The van der Waals surface area contributed by atoms with Crippen molar-refractivity contribution in [1.29, 1.82) is 5.26 Å². The summed E-state index contributed by atoms with van der Waals surface area (Å²) in [4.78, 5) is 4.21. The highest BCUT2D eigenvalue weighted by Gasteiger charge is 2.10. The van der Waals surface area contributed by atoms with Gasteiger partial charge < -0.3 is 10.1 Å². The fourth-order valence-corrected chi connectivity index (χ4v) is 2.10. The number of ether oxygens (including phenoxy) is 1. The second kappa shape index (κ2) is 6.58. The van der Waals surface area contributed by atoms with Crippen molar-refractivity contribution in [3.05, 3.63) is 53.7 Å². The van der Waals surface area contributed by atoms with E-state index in [9.17, 15) is 0 Å². The zero-order valence-electron chi connectivity index (χ0n) is 11.6. The van der Waals surface area contributed by atoms with E-state index in [2.05, 4.69) is 23.3 Å². The molecule has 20 heavy (non-hydrogen) atoms. The maximum absolute atomic E-state index is 9.05. The van der Waals surface area contributed by atoms with Gasteiger partial charge in [0.25, 0.3) is 0 Å². The minimum Gasteiger partial charge on any atom is -0.496 e. The Morgan fingerprint density at radius 1 is 1.30 bits per heavy atom. The topological polar surface area (TPSA) is 57.9 Å². The first-order chi connectivity index (χ1) is 9.74. The van der Waals surface area contributed by atoms with Crippen LogP contribution in [0.25, 0.3) is 0 Å². The van der Waals surface area contributed by atoms with Gasteiger partial charge in [-0.15, -0.1) is 0 Å². The molecule has 0 radical (unpaired) electrons. The maximum Gasteiger partial charge on any atom is 0.144 e. The van der Waals surface area contributed by atoms with E-state index < -0.39 is 0 Å². The van der Waals surface area contributed by atoms with Gasteiger partial charge in [-0.1, -0.05) is 18.2 Å². The number of methoxy groups -OCH3 is 1. The molecule has 0 bridgehead atoms. The average Bonchev–Trinajstić information content (AvgIpc) is 2.48. The van der Waals surface area contributed by atoms with Crippen molar-refractivity contribution in [3.63, 3.8) is 0 Å². The summed E-state index contributed by atoms with van der Waals surface area (Å²) in [5.74, 6) is 1.50. The number of aromatic nitrogens is 1. The first-order valence-electron chi connectivity index (χ1n) is 6.48. The molecule has 0 saturated heterocycles. The summed E-state index contributed by atoms with van der Waals surface area (Å²) in [5, 5.41) is 12.3. The molecule has 102 valence electrons. The third-order valence-electron chi connectivity index (χ3n) is 3.03. The molecular formula is C16H17N3O. The molecule has 1 aromatic heterocycles. The predicted molar refractivity (Wildman–Crippen MR) is 78.7 cm³/mol. The second-order valence-corrected chi connectivity index (χ2v) is 4.57. The third-order valence-corrected chi connectivity index (χ3v) is 3.03. The summed E-state index contributed by atoms with van der Waals surface area (Å²) in [6.45, 7) is 2.06. The van der Waals surface area contributed by atoms with Crippen molar-refractivity contribution in [2.45, 2.75) is 19.4 Å². The van der Waals surface area contributed by atoms with E-state index in [4.69, 9.17) is 10.00 Å². The van der Waals surface area contributed by atoms with Crippen LogP contribution < -0.4 is 10.1 Å². The number of rotatable bonds is 5. The molecule has 1 N–H and O–H groups in total. The van der Waals surface area contributed by atoms with Gasteiger partial charge in [0.15, 0.2) is 0 Å². The van der Waals surface area contributed by atoms with Gasteiger partial charge >= 0.3 is 0 Å². The zero-order valence-corrected chi connectivity index (χ0v) is 11.6. The van der Waals surface area contributed by atoms with Gasteiger partial charge in [0.05, 0.1) is 12.7 Å². The van der Waals surface area contributed by atoms with Gasteiger partial charge in [0.2, 0.25) is 0 Å². The molecule has 2 rings (SSSR count). The molecular weight excluding hydrogens is 250 g/mol. The average molecular weight is 267 g/mol. The van der Waals surface area contributed by atoms with Gasteiger partial charge in [0.1, 0.15) is 17.6 Å². The van der Waals surface area contributed by atoms with Crippen LogP contribution in [0.1, 0.15) is 18.1 Å². The zero-order chi connectivity index (χ0) is 14.4. The van der Waals surface area contributed by atoms with Crippen LogP contribution in [0.3, 0.4) is 0 Å². The number of hydrogen-bond donors (Lipinski definition) is 1. The quantitative estimate of drug-likeness (QED) is 0.904. The fraction of sp³-hybridized carbons (Fsp3) is 0.250. The summed E-state index contributed by atoms with van der Waals surface area (Å²) < 4.78 is 5.35. The number of nitrogens with zero attached hydrogens (tertiary/aromatic N) is 2. The lowest BCUT2D eigenvalue weighted by Crippen LogP contribution is -2.20. The lowest BCUT2D eigenvalue weighted by atomic mass is 10.1. The lowest BCUT2D eigenvalue weighted by molar-refractivity contribution is 0.409. The van der Waals surface area contributed by atoms with Crippen LogP contribution >= 0.6 is 0 Å². The third kappa shape index (κ3) is 3.27. The van der Waals surface area contributed by atoms with Crippen molar-refractivity contribution in [3.8, 4) is 11.8 Å². The van der Waals surface area contributed by atoms with E-state index in [0.29, 0.717) is 11.4 Å². The Labute approximate surface area is 119 Å². The van der Waals surface area contributed by atoms with E-state index in [0.717, 1.165) is 17.7 Å². The molecule has 1 aromatic carbocycles. The van der Waals surface area contributed by atoms with Crippen molar-refractivity contribution in [2.75, 3.05) is 12.4 Å². The minimum atomic E-state index is 0.147. The smallest absolute Gasteiger partial charge is 0.144 e. The Kier molecular flexibility index (Phi) is 4.56. The van der Waals surface area contributed by atoms with Crippen LogP contribution in [0.15, 0.2) is 42.6 Å². The van der Waals surface area contributed by atoms with Gasteiger partial charge in [-0.25, -0.2) is 4.98 Å². The molecule has 0 unspecified atom stereocenters. The Balaban J connectivity index is 2.09. The summed E-state index contributed by atoms with van der Waals surface area (Å²) in [5.41, 5.74) is 1.68.